The summed E-state index contributed by atoms with van der Waals surface area (Å²) in [5.74, 6) is 0. The highest BCUT2D eigenvalue weighted by Gasteiger charge is 2.25. The Labute approximate surface area is 143 Å². The second kappa shape index (κ2) is 7.52. The summed E-state index contributed by atoms with van der Waals surface area (Å²) in [5, 5.41) is 9.77. The van der Waals surface area contributed by atoms with Gasteiger partial charge in [0.2, 0.25) is 15.3 Å². The van der Waals surface area contributed by atoms with Crippen LogP contribution in [0.1, 0.15) is 5.56 Å². The van der Waals surface area contributed by atoms with Crippen molar-refractivity contribution in [1.82, 2.24) is 4.72 Å². The van der Waals surface area contributed by atoms with Crippen LogP contribution in [0.5, 0.6) is 0 Å². The molecule has 0 heterocycles. The van der Waals surface area contributed by atoms with Gasteiger partial charge in [0.1, 0.15) is 0 Å². The van der Waals surface area contributed by atoms with Crippen molar-refractivity contribution in [2.75, 3.05) is 0 Å². The molecule has 0 saturated carbocycles. The highest BCUT2D eigenvalue weighted by molar-refractivity contribution is 7.89. The number of nitro groups is 1. The molecule has 1 N–H and O–H groups in total. The van der Waals surface area contributed by atoms with Crippen LogP contribution in [0.15, 0.2) is 59.5 Å². The maximum absolute atomic E-state index is 12.3. The largest absolute Gasteiger partial charge is 0.279 e. The van der Waals surface area contributed by atoms with E-state index in [1.165, 1.54) is 0 Å². The molecule has 2 rings (SSSR count). The van der Waals surface area contributed by atoms with E-state index in [9.17, 15) is 23.3 Å². The highest BCUT2D eigenvalue weighted by atomic mass is 35.5. The number of benzene rings is 2. The van der Waals surface area contributed by atoms with Crippen LogP contribution in [0.3, 0.4) is 0 Å². The van der Waals surface area contributed by atoms with E-state index in [1.807, 2.05) is 0 Å². The maximum atomic E-state index is 12.3. The molecule has 24 heavy (non-hydrogen) atoms. The molecular weight excluding hydrogens is 356 g/mol. The minimum absolute atomic E-state index is 0.0926. The normalized spacial score (nSPS) is 12.5. The predicted octanol–water partition coefficient (Wildman–Crippen LogP) is 2.25. The SMILES string of the molecule is O=C(Cl)[C@H](Cc1ccccc1)NS(=O)(=O)c1ccc([N+](=O)[O-])cc1. The van der Waals surface area contributed by atoms with Gasteiger partial charge in [-0.2, -0.15) is 4.72 Å². The van der Waals surface area contributed by atoms with Gasteiger partial charge in [-0.05, 0) is 35.7 Å². The Morgan fingerprint density at radius 3 is 2.21 bits per heavy atom. The van der Waals surface area contributed by atoms with Gasteiger partial charge in [0.05, 0.1) is 15.9 Å². The third kappa shape index (κ3) is 4.60. The van der Waals surface area contributed by atoms with Gasteiger partial charge in [0.25, 0.3) is 5.69 Å². The number of carbonyl (C=O) groups excluding carboxylic acids is 1. The highest BCUT2D eigenvalue weighted by Crippen LogP contribution is 2.17. The molecule has 0 aliphatic heterocycles. The van der Waals surface area contributed by atoms with E-state index in [0.29, 0.717) is 0 Å². The number of halogens is 1. The lowest BCUT2D eigenvalue weighted by Crippen LogP contribution is -2.40. The number of nitro benzene ring substituents is 1. The van der Waals surface area contributed by atoms with Crippen molar-refractivity contribution < 1.29 is 18.1 Å². The van der Waals surface area contributed by atoms with Gasteiger partial charge in [-0.3, -0.25) is 14.9 Å². The molecule has 0 bridgehead atoms. The first kappa shape index (κ1) is 18.1. The summed E-state index contributed by atoms with van der Waals surface area (Å²) in [4.78, 5) is 21.3. The van der Waals surface area contributed by atoms with Crippen molar-refractivity contribution in [2.24, 2.45) is 0 Å². The number of nitrogens with zero attached hydrogens (tertiary/aromatic N) is 1. The van der Waals surface area contributed by atoms with E-state index in [4.69, 9.17) is 11.6 Å². The summed E-state index contributed by atoms with van der Waals surface area (Å²) < 4.78 is 26.9. The molecule has 0 aliphatic rings. The van der Waals surface area contributed by atoms with Crippen molar-refractivity contribution in [2.45, 2.75) is 17.4 Å². The van der Waals surface area contributed by atoms with Crippen molar-refractivity contribution in [3.05, 3.63) is 70.3 Å². The second-order valence-corrected chi connectivity index (χ2v) is 7.01. The van der Waals surface area contributed by atoms with Crippen LogP contribution in [0.2, 0.25) is 0 Å². The lowest BCUT2D eigenvalue weighted by Gasteiger charge is -2.15. The second-order valence-electron chi connectivity index (χ2n) is 4.92. The lowest BCUT2D eigenvalue weighted by molar-refractivity contribution is -0.384. The summed E-state index contributed by atoms with van der Waals surface area (Å²) in [6.07, 6.45) is 0.0926. The van der Waals surface area contributed by atoms with Crippen LogP contribution in [-0.4, -0.2) is 24.6 Å². The van der Waals surface area contributed by atoms with Crippen LogP contribution >= 0.6 is 11.6 Å². The number of hydrogen-bond donors (Lipinski definition) is 1. The summed E-state index contributed by atoms with van der Waals surface area (Å²) in [7, 11) is -4.04. The fourth-order valence-electron chi connectivity index (χ4n) is 2.02. The fourth-order valence-corrected chi connectivity index (χ4v) is 3.41. The Bertz CT molecular complexity index is 838. The van der Waals surface area contributed by atoms with Gasteiger partial charge >= 0.3 is 0 Å². The standard InChI is InChI=1S/C15H13ClN2O5S/c16-15(19)14(10-11-4-2-1-3-5-11)17-24(22,23)13-8-6-12(7-9-13)18(20)21/h1-9,14,17H,10H2/t14-/m0/s1. The Kier molecular flexibility index (Phi) is 5.66. The smallest absolute Gasteiger partial charge is 0.269 e. The molecule has 0 saturated heterocycles. The van der Waals surface area contributed by atoms with Gasteiger partial charge in [0, 0.05) is 12.1 Å². The fraction of sp³-hybridized carbons (Fsp3) is 0.133. The van der Waals surface area contributed by atoms with Crippen LogP contribution < -0.4 is 4.72 Å². The Hall–Kier alpha value is -2.29. The van der Waals surface area contributed by atoms with Crippen molar-refractivity contribution in [1.29, 1.82) is 0 Å². The molecule has 0 spiro atoms. The van der Waals surface area contributed by atoms with Crippen LogP contribution in [-0.2, 0) is 21.2 Å². The Balaban J connectivity index is 2.21. The van der Waals surface area contributed by atoms with Crippen LogP contribution in [0.25, 0.3) is 0 Å². The van der Waals surface area contributed by atoms with Crippen molar-refractivity contribution in [3.8, 4) is 0 Å². The zero-order valence-electron chi connectivity index (χ0n) is 12.3. The first-order valence-corrected chi connectivity index (χ1v) is 8.66. The zero-order valence-corrected chi connectivity index (χ0v) is 13.8. The number of rotatable bonds is 7. The molecule has 0 aliphatic carbocycles. The van der Waals surface area contributed by atoms with Gasteiger partial charge in [-0.25, -0.2) is 8.42 Å². The van der Waals surface area contributed by atoms with Gasteiger partial charge in [0.15, 0.2) is 0 Å². The lowest BCUT2D eigenvalue weighted by atomic mass is 10.1. The summed E-state index contributed by atoms with van der Waals surface area (Å²) in [5.41, 5.74) is 0.506. The van der Waals surface area contributed by atoms with Crippen LogP contribution in [0, 0.1) is 10.1 Å². The number of non-ortho nitro benzene ring substituents is 1. The predicted molar refractivity (Wildman–Crippen MR) is 88.2 cm³/mol. The topological polar surface area (TPSA) is 106 Å². The van der Waals surface area contributed by atoms with Crippen molar-refractivity contribution in [3.63, 3.8) is 0 Å². The minimum Gasteiger partial charge on any atom is -0.279 e. The monoisotopic (exact) mass is 368 g/mol. The number of carbonyl (C=O) groups is 1. The quantitative estimate of drug-likeness (QED) is 0.458. The average Bonchev–Trinajstić information content (AvgIpc) is 2.55. The van der Waals surface area contributed by atoms with E-state index in [0.717, 1.165) is 29.8 Å². The van der Waals surface area contributed by atoms with E-state index in [-0.39, 0.29) is 17.0 Å². The summed E-state index contributed by atoms with van der Waals surface area (Å²) >= 11 is 5.50. The number of hydrogen-bond acceptors (Lipinski definition) is 5. The molecule has 1 atom stereocenters. The minimum atomic E-state index is -4.04. The molecule has 2 aromatic carbocycles. The van der Waals surface area contributed by atoms with Gasteiger partial charge < -0.3 is 0 Å². The molecule has 7 nitrogen and oxygen atoms in total. The summed E-state index contributed by atoms with van der Waals surface area (Å²) in [6.45, 7) is 0. The van der Waals surface area contributed by atoms with E-state index >= 15 is 0 Å². The third-order valence-corrected chi connectivity index (χ3v) is 4.96. The van der Waals surface area contributed by atoms with Crippen molar-refractivity contribution >= 4 is 32.6 Å². The van der Waals surface area contributed by atoms with E-state index in [1.54, 1.807) is 30.3 Å². The molecule has 0 aromatic heterocycles. The van der Waals surface area contributed by atoms with E-state index in [2.05, 4.69) is 4.72 Å². The first-order valence-electron chi connectivity index (χ1n) is 6.79. The molecule has 126 valence electrons. The number of sulfonamides is 1. The Morgan fingerprint density at radius 2 is 1.71 bits per heavy atom. The first-order chi connectivity index (χ1) is 11.3. The van der Waals surface area contributed by atoms with Crippen LogP contribution in [0.4, 0.5) is 5.69 Å². The number of nitrogens with one attached hydrogen (secondary N) is 1. The molecule has 0 fully saturated rings. The molecular formula is C15H13ClN2O5S. The molecule has 2 aromatic rings. The van der Waals surface area contributed by atoms with Gasteiger partial charge in [-0.15, -0.1) is 0 Å². The Morgan fingerprint density at radius 1 is 1.12 bits per heavy atom. The average molecular weight is 369 g/mol. The molecule has 0 amide bonds. The van der Waals surface area contributed by atoms with Gasteiger partial charge in [-0.1, -0.05) is 30.3 Å². The maximum Gasteiger partial charge on any atom is 0.269 e. The zero-order chi connectivity index (χ0) is 17.7. The van der Waals surface area contributed by atoms with E-state index < -0.39 is 26.2 Å². The molecule has 0 unspecified atom stereocenters. The third-order valence-electron chi connectivity index (χ3n) is 3.21. The summed E-state index contributed by atoms with van der Waals surface area (Å²) in [6, 6.07) is 12.0. The molecule has 9 heteroatoms. The molecule has 0 radical (unpaired) electrons.